The summed E-state index contributed by atoms with van der Waals surface area (Å²) in [5.74, 6) is 1.69. The predicted molar refractivity (Wildman–Crippen MR) is 528 cm³/mol. The third-order valence-corrected chi connectivity index (χ3v) is 28.9. The molecule has 3 aromatic heterocycles. The van der Waals surface area contributed by atoms with Crippen LogP contribution < -0.4 is 26.2 Å². The second-order valence-electron chi connectivity index (χ2n) is 39.7. The first kappa shape index (κ1) is 96.5. The largest absolute Gasteiger partial charge is 0.453 e. The number of fused-ring (bicyclic) bond motifs is 4. The standard InChI is InChI=1S/C58H73N9O6.C49H62N8O6/c1-35(2)52(62-57(70)72-7)55(68)66-21-9-11-50(66)49-34-43-15-13-38(32-47(43)59-49)27-40-29-41(31-44(30-40)42-16-18-45(19-17-42)65-25-23-64(24-26-65)37(5)6)28-39-14-20-46-48(33-39)61-54(60-46)51-12-10-22-67(51)56(69)53(36(3)4)63-58(71)73-8;1-28(2)42(54-48(60)62-5)46(58)56-24-10-14-39(56)44-50-35-22-20-33(26-37(35)52-44)41(32-18-16-31(17-19-32)30-12-8-7-9-13-30)34-21-23-36-38(27-34)53-45(51-36)40-15-11-25-57(40)47(59)43(29(3)4)55-49(61)63-6/h13-20,29-33,35-37,50-53H,9-12,21-28,34H2,1-8H3,(H,60,61)(H,62,70)(H,63,71);16-23,26-30,39-43H,7-15,24-25H2,1-6H3,(H,50,52)(H,51,53)(H,54,60)(H,55,61)/t50-,51-,52-,53-;39-,40-,42-,43-/m00/s1. The number of anilines is 1. The molecule has 29 nitrogen and oxygen atoms in total. The highest BCUT2D eigenvalue weighted by molar-refractivity contribution is 6.01. The summed E-state index contributed by atoms with van der Waals surface area (Å²) in [5.41, 5.74) is 21.3. The minimum Gasteiger partial charge on any atom is -0.453 e. The number of rotatable bonds is 27. The van der Waals surface area contributed by atoms with E-state index < -0.39 is 48.5 Å². The second-order valence-corrected chi connectivity index (χ2v) is 39.7. The van der Waals surface area contributed by atoms with Gasteiger partial charge in [0.2, 0.25) is 23.6 Å². The molecule has 7 aromatic carbocycles. The van der Waals surface area contributed by atoms with E-state index in [2.05, 4.69) is 199 Å². The maximum Gasteiger partial charge on any atom is 0.407 e. The molecule has 10 aromatic rings. The number of aromatic nitrogens is 6. The number of nitrogens with one attached hydrogen (secondary N) is 7. The van der Waals surface area contributed by atoms with Crippen LogP contribution in [0, 0.1) is 23.7 Å². The molecule has 5 saturated heterocycles. The number of hydrogen-bond donors (Lipinski definition) is 7. The van der Waals surface area contributed by atoms with Crippen LogP contribution in [0.4, 0.5) is 30.6 Å². The molecule has 8 amide bonds. The second kappa shape index (κ2) is 42.7. The first-order valence-corrected chi connectivity index (χ1v) is 49.2. The van der Waals surface area contributed by atoms with Crippen molar-refractivity contribution in [1.82, 2.24) is 75.7 Å². The highest BCUT2D eigenvalue weighted by atomic mass is 16.6. The number of carbonyl (C=O) groups is 8. The highest BCUT2D eigenvalue weighted by Crippen LogP contribution is 2.43. The summed E-state index contributed by atoms with van der Waals surface area (Å²) < 4.78 is 19.4. The molecule has 17 rings (SSSR count). The number of benzene rings is 7. The topological polar surface area (TPSA) is 339 Å². The Hall–Kier alpha value is -12.7. The molecule has 6 fully saturated rings. The van der Waals surface area contributed by atoms with Gasteiger partial charge < -0.3 is 79.7 Å². The van der Waals surface area contributed by atoms with E-state index in [4.69, 9.17) is 38.9 Å². The van der Waals surface area contributed by atoms with Crippen molar-refractivity contribution >= 4 is 98.2 Å². The number of amides is 8. The molecular weight excluding hydrogens is 1720 g/mol. The number of alkyl carbamates (subject to hydrolysis) is 4. The lowest BCUT2D eigenvalue weighted by Gasteiger charge is -2.38. The maximum atomic E-state index is 13.9. The van der Waals surface area contributed by atoms with Crippen LogP contribution in [0.1, 0.15) is 250 Å². The summed E-state index contributed by atoms with van der Waals surface area (Å²) in [6, 6.07) is 47.9. The van der Waals surface area contributed by atoms with Gasteiger partial charge in [0.15, 0.2) is 0 Å². The highest BCUT2D eigenvalue weighted by Gasteiger charge is 2.44. The van der Waals surface area contributed by atoms with Crippen molar-refractivity contribution < 1.29 is 57.3 Å². The Bertz CT molecular complexity index is 5860. The number of ether oxygens (including phenoxy) is 4. The lowest BCUT2D eigenvalue weighted by Crippen LogP contribution is -2.53. The summed E-state index contributed by atoms with van der Waals surface area (Å²) in [7, 11) is 5.22. The van der Waals surface area contributed by atoms with Crippen molar-refractivity contribution in [2.24, 2.45) is 28.7 Å². The van der Waals surface area contributed by atoms with Crippen molar-refractivity contribution in [2.45, 2.75) is 238 Å². The van der Waals surface area contributed by atoms with Gasteiger partial charge in [0.05, 0.1) is 91.4 Å². The Labute approximate surface area is 797 Å². The van der Waals surface area contributed by atoms with Gasteiger partial charge in [-0.2, -0.15) is 0 Å². The van der Waals surface area contributed by atoms with E-state index in [1.165, 1.54) is 94.0 Å². The number of H-pyrrole nitrogens is 3. The van der Waals surface area contributed by atoms with Crippen LogP contribution in [0.2, 0.25) is 0 Å². The van der Waals surface area contributed by atoms with Gasteiger partial charge in [-0.15, -0.1) is 0 Å². The number of imidazole rings is 3. The van der Waals surface area contributed by atoms with Gasteiger partial charge in [0.25, 0.3) is 0 Å². The Balaban J connectivity index is 0.000000199. The number of methoxy groups -OCH3 is 4. The number of aromatic amines is 3. The summed E-state index contributed by atoms with van der Waals surface area (Å²) in [6.45, 7) is 26.4. The number of likely N-dealkylation sites (tertiary alicyclic amines) is 4. The van der Waals surface area contributed by atoms with E-state index in [0.717, 1.165) is 173 Å². The maximum absolute atomic E-state index is 13.9. The minimum atomic E-state index is -0.713. The summed E-state index contributed by atoms with van der Waals surface area (Å²) in [4.78, 5) is 148. The van der Waals surface area contributed by atoms with Gasteiger partial charge in [-0.05, 0) is 236 Å². The summed E-state index contributed by atoms with van der Waals surface area (Å²) >= 11 is 0. The summed E-state index contributed by atoms with van der Waals surface area (Å²) in [5, 5.41) is 11.0. The Morgan fingerprint density at radius 3 is 1.18 bits per heavy atom. The SMILES string of the molecule is COC(=O)N[C@H](C(=O)N1CCC[C@H]1C1=Nc2cc(Cc3cc(Cc4ccc5nc([C@@H]6CCCN6C(=O)[C@@H](NC(=O)OC)C(C)C)[nH]c5c4)cc(-c4ccc(N5CCN(C(C)C)CC5)cc4)c3)ccc2C1)C(C)C.COC(=O)N[C@H](C(=O)N1CCC[C@H]1c1nc2ccc(C(c3ccc(C4CCCCC4)cc3)c3ccc4nc([C@@H]5CCCN5C(=O)[C@@H](NC(=O)OC)C(C)C)[nH]c4c3)cc2[nH]1)C(C)C. The van der Waals surface area contributed by atoms with Crippen molar-refractivity contribution in [3.05, 3.63) is 207 Å². The van der Waals surface area contributed by atoms with E-state index in [1.807, 2.05) is 75.0 Å². The molecule has 1 saturated carbocycles. The van der Waals surface area contributed by atoms with Crippen molar-refractivity contribution in [2.75, 3.05) is 85.7 Å². The molecule has 29 heteroatoms. The van der Waals surface area contributed by atoms with Gasteiger partial charge in [0, 0.05) is 82.1 Å². The fourth-order valence-electron chi connectivity index (χ4n) is 21.4. The molecule has 1 aliphatic carbocycles. The molecule has 136 heavy (non-hydrogen) atoms. The Kier molecular flexibility index (Phi) is 30.3. The number of nitrogens with zero attached hydrogens (tertiary/aromatic N) is 10. The summed E-state index contributed by atoms with van der Waals surface area (Å²) in [6.07, 6.45) is 12.5. The smallest absolute Gasteiger partial charge is 0.407 e. The van der Waals surface area contributed by atoms with Crippen LogP contribution in [0.3, 0.4) is 0 Å². The third kappa shape index (κ3) is 21.6. The number of carbonyl (C=O) groups excluding carboxylic acids is 8. The van der Waals surface area contributed by atoms with Gasteiger partial charge in [-0.1, -0.05) is 160 Å². The van der Waals surface area contributed by atoms with Crippen molar-refractivity contribution in [1.29, 1.82) is 0 Å². The normalized spacial score (nSPS) is 19.1. The van der Waals surface area contributed by atoms with Crippen molar-refractivity contribution in [3.63, 3.8) is 0 Å². The first-order valence-electron chi connectivity index (χ1n) is 49.2. The number of hydrogen-bond acceptors (Lipinski definition) is 18. The lowest BCUT2D eigenvalue weighted by molar-refractivity contribution is -0.136. The molecule has 0 spiro atoms. The minimum absolute atomic E-state index is 0.0948. The fourth-order valence-corrected chi connectivity index (χ4v) is 21.4. The predicted octanol–water partition coefficient (Wildman–Crippen LogP) is 17.7. The molecule has 0 unspecified atom stereocenters. The Morgan fingerprint density at radius 2 is 0.765 bits per heavy atom. The lowest BCUT2D eigenvalue weighted by atomic mass is 9.81. The molecule has 0 bridgehead atoms. The van der Waals surface area contributed by atoms with Crippen LogP contribution in [0.25, 0.3) is 44.2 Å². The fraction of sp³-hybridized carbons (Fsp3) is 0.495. The van der Waals surface area contributed by atoms with Gasteiger partial charge in [-0.3, -0.25) is 29.1 Å². The molecule has 9 heterocycles. The zero-order valence-electron chi connectivity index (χ0n) is 81.3. The third-order valence-electron chi connectivity index (χ3n) is 28.9. The quantitative estimate of drug-likeness (QED) is 0.0186. The molecule has 6 aliphatic heterocycles. The van der Waals surface area contributed by atoms with Crippen LogP contribution in [-0.2, 0) is 57.4 Å². The van der Waals surface area contributed by atoms with E-state index in [9.17, 15) is 38.4 Å². The van der Waals surface area contributed by atoms with E-state index >= 15 is 0 Å². The van der Waals surface area contributed by atoms with E-state index in [-0.39, 0.29) is 77.4 Å². The van der Waals surface area contributed by atoms with Crippen LogP contribution in [0.5, 0.6) is 0 Å². The molecule has 0 radical (unpaired) electrons. The zero-order chi connectivity index (χ0) is 95.9. The number of piperazine rings is 1. The van der Waals surface area contributed by atoms with E-state index in [1.54, 1.807) is 0 Å². The number of aliphatic imine (C=N–C) groups is 1. The average Bonchev–Trinajstić information content (AvgIpc) is 1.50. The average molecular weight is 1850 g/mol. The zero-order valence-corrected chi connectivity index (χ0v) is 81.3. The van der Waals surface area contributed by atoms with Crippen LogP contribution >= 0.6 is 0 Å². The van der Waals surface area contributed by atoms with Crippen molar-refractivity contribution in [3.8, 4) is 11.1 Å². The van der Waals surface area contributed by atoms with Gasteiger partial charge in [0.1, 0.15) is 41.6 Å². The van der Waals surface area contributed by atoms with Crippen LogP contribution in [0.15, 0.2) is 145 Å². The molecule has 720 valence electrons. The van der Waals surface area contributed by atoms with Gasteiger partial charge >= 0.3 is 24.4 Å². The van der Waals surface area contributed by atoms with Crippen LogP contribution in [-0.4, -0.2) is 225 Å². The molecule has 8 atom stereocenters. The molecule has 7 aliphatic rings. The van der Waals surface area contributed by atoms with E-state index in [0.29, 0.717) is 57.4 Å². The molecular formula is C107H135N17O12. The van der Waals surface area contributed by atoms with Gasteiger partial charge in [-0.25, -0.2) is 34.1 Å². The first-order chi connectivity index (χ1) is 65.6. The molecule has 7 N–H and O–H groups in total. The Morgan fingerprint density at radius 1 is 0.375 bits per heavy atom. The monoisotopic (exact) mass is 1850 g/mol.